The smallest absolute Gasteiger partial charge is 0.143 e. The zero-order chi connectivity index (χ0) is 11.4. The van der Waals surface area contributed by atoms with Gasteiger partial charge < -0.3 is 5.32 Å². The Hall–Kier alpha value is -0.350. The maximum atomic E-state index is 6.16. The van der Waals surface area contributed by atoms with Crippen LogP contribution in [0.2, 0.25) is 0 Å². The summed E-state index contributed by atoms with van der Waals surface area (Å²) in [6.45, 7) is 0.943. The quantitative estimate of drug-likeness (QED) is 0.869. The van der Waals surface area contributed by atoms with Crippen molar-refractivity contribution < 1.29 is 0 Å². The molecule has 2 rings (SSSR count). The summed E-state index contributed by atoms with van der Waals surface area (Å²) in [5.74, 6) is 1.53. The molecule has 16 heavy (non-hydrogen) atoms. The lowest BCUT2D eigenvalue weighted by molar-refractivity contribution is 0.378. The standard InChI is InChI=1S/C11H15BrClN3/c12-10-6-14-7-16-11(10)15-5-8-2-1-3-9(13)4-8/h6-9H,1-5H2,(H,14,15,16). The Kier molecular flexibility index (Phi) is 4.41. The molecule has 0 radical (unpaired) electrons. The van der Waals surface area contributed by atoms with Gasteiger partial charge in [0, 0.05) is 18.1 Å². The van der Waals surface area contributed by atoms with Gasteiger partial charge in [-0.25, -0.2) is 9.97 Å². The molecule has 0 saturated heterocycles. The van der Waals surface area contributed by atoms with E-state index in [1.807, 2.05) is 0 Å². The molecule has 2 unspecified atom stereocenters. The van der Waals surface area contributed by atoms with Gasteiger partial charge in [0.05, 0.1) is 4.47 Å². The number of halogens is 2. The first-order chi connectivity index (χ1) is 7.75. The maximum absolute atomic E-state index is 6.16. The molecule has 0 spiro atoms. The fourth-order valence-corrected chi connectivity index (χ4v) is 2.86. The number of anilines is 1. The van der Waals surface area contributed by atoms with Crippen molar-refractivity contribution in [1.82, 2.24) is 9.97 Å². The van der Waals surface area contributed by atoms with Crippen molar-refractivity contribution in [3.63, 3.8) is 0 Å². The van der Waals surface area contributed by atoms with Crippen molar-refractivity contribution in [2.45, 2.75) is 31.1 Å². The number of hydrogen-bond donors (Lipinski definition) is 1. The molecular weight excluding hydrogens is 289 g/mol. The molecule has 2 atom stereocenters. The van der Waals surface area contributed by atoms with E-state index in [1.54, 1.807) is 12.5 Å². The van der Waals surface area contributed by atoms with Gasteiger partial charge in [-0.2, -0.15) is 0 Å². The number of aromatic nitrogens is 2. The SMILES string of the molecule is ClC1CCCC(CNc2ncncc2Br)C1. The molecule has 1 aliphatic rings. The Morgan fingerprint density at radius 3 is 3.12 bits per heavy atom. The summed E-state index contributed by atoms with van der Waals surface area (Å²) in [5, 5.41) is 3.70. The van der Waals surface area contributed by atoms with Crippen LogP contribution in [0.1, 0.15) is 25.7 Å². The van der Waals surface area contributed by atoms with Gasteiger partial charge >= 0.3 is 0 Å². The Bertz CT molecular complexity index is 348. The Morgan fingerprint density at radius 2 is 2.38 bits per heavy atom. The van der Waals surface area contributed by atoms with E-state index in [-0.39, 0.29) is 0 Å². The predicted octanol–water partition coefficient (Wildman–Crippen LogP) is 3.45. The molecular formula is C11H15BrClN3. The molecule has 5 heteroatoms. The summed E-state index contributed by atoms with van der Waals surface area (Å²) in [6, 6.07) is 0. The largest absolute Gasteiger partial charge is 0.369 e. The summed E-state index contributed by atoms with van der Waals surface area (Å²) < 4.78 is 0.910. The average molecular weight is 305 g/mol. The Balaban J connectivity index is 1.85. The fraction of sp³-hybridized carbons (Fsp3) is 0.636. The second-order valence-corrected chi connectivity index (χ2v) is 5.70. The second kappa shape index (κ2) is 5.82. The van der Waals surface area contributed by atoms with Gasteiger partial charge in [-0.05, 0) is 41.1 Å². The van der Waals surface area contributed by atoms with Crippen LogP contribution < -0.4 is 5.32 Å². The summed E-state index contributed by atoms with van der Waals surface area (Å²) >= 11 is 9.58. The summed E-state index contributed by atoms with van der Waals surface area (Å²) in [5.41, 5.74) is 0. The van der Waals surface area contributed by atoms with Gasteiger partial charge in [-0.15, -0.1) is 11.6 Å². The molecule has 1 fully saturated rings. The van der Waals surface area contributed by atoms with Crippen molar-refractivity contribution in [3.8, 4) is 0 Å². The fourth-order valence-electron chi connectivity index (χ4n) is 2.09. The zero-order valence-electron chi connectivity index (χ0n) is 9.00. The minimum absolute atomic E-state index is 0.356. The Labute approximate surface area is 109 Å². The third-order valence-electron chi connectivity index (χ3n) is 2.94. The van der Waals surface area contributed by atoms with Crippen molar-refractivity contribution in [2.24, 2.45) is 5.92 Å². The molecule has 0 aromatic carbocycles. The van der Waals surface area contributed by atoms with Gasteiger partial charge in [0.2, 0.25) is 0 Å². The first-order valence-corrected chi connectivity index (χ1v) is 6.82. The molecule has 1 aromatic heterocycles. The van der Waals surface area contributed by atoms with E-state index in [0.29, 0.717) is 11.3 Å². The van der Waals surface area contributed by atoms with E-state index in [2.05, 4.69) is 31.2 Å². The molecule has 0 aliphatic heterocycles. The number of alkyl halides is 1. The average Bonchev–Trinajstić information content (AvgIpc) is 2.28. The topological polar surface area (TPSA) is 37.8 Å². The van der Waals surface area contributed by atoms with E-state index >= 15 is 0 Å². The van der Waals surface area contributed by atoms with Crippen molar-refractivity contribution in [2.75, 3.05) is 11.9 Å². The highest BCUT2D eigenvalue weighted by Crippen LogP contribution is 2.28. The number of nitrogens with one attached hydrogen (secondary N) is 1. The molecule has 1 aliphatic carbocycles. The molecule has 1 N–H and O–H groups in total. The van der Waals surface area contributed by atoms with E-state index in [1.165, 1.54) is 12.8 Å². The van der Waals surface area contributed by atoms with Crippen LogP contribution in [0.5, 0.6) is 0 Å². The van der Waals surface area contributed by atoms with Crippen LogP contribution in [-0.2, 0) is 0 Å². The van der Waals surface area contributed by atoms with Gasteiger partial charge in [0.15, 0.2) is 0 Å². The van der Waals surface area contributed by atoms with Crippen LogP contribution in [0, 0.1) is 5.92 Å². The molecule has 1 heterocycles. The maximum Gasteiger partial charge on any atom is 0.143 e. The summed E-state index contributed by atoms with van der Waals surface area (Å²) in [6.07, 6.45) is 8.08. The normalized spacial score (nSPS) is 25.4. The van der Waals surface area contributed by atoms with Gasteiger partial charge in [-0.3, -0.25) is 0 Å². The lowest BCUT2D eigenvalue weighted by Crippen LogP contribution is -2.22. The molecule has 0 bridgehead atoms. The lowest BCUT2D eigenvalue weighted by atomic mass is 9.89. The third-order valence-corrected chi connectivity index (χ3v) is 3.92. The van der Waals surface area contributed by atoms with Crippen molar-refractivity contribution in [3.05, 3.63) is 17.0 Å². The Morgan fingerprint density at radius 1 is 1.50 bits per heavy atom. The van der Waals surface area contributed by atoms with Crippen LogP contribution in [0.3, 0.4) is 0 Å². The van der Waals surface area contributed by atoms with Gasteiger partial charge in [-0.1, -0.05) is 6.42 Å². The van der Waals surface area contributed by atoms with E-state index in [4.69, 9.17) is 11.6 Å². The van der Waals surface area contributed by atoms with Gasteiger partial charge in [0.25, 0.3) is 0 Å². The van der Waals surface area contributed by atoms with Crippen molar-refractivity contribution in [1.29, 1.82) is 0 Å². The van der Waals surface area contributed by atoms with Crippen LogP contribution in [0.25, 0.3) is 0 Å². The monoisotopic (exact) mass is 303 g/mol. The van der Waals surface area contributed by atoms with E-state index < -0.39 is 0 Å². The molecule has 1 saturated carbocycles. The van der Waals surface area contributed by atoms with Crippen LogP contribution >= 0.6 is 27.5 Å². The molecule has 1 aromatic rings. The highest BCUT2D eigenvalue weighted by Gasteiger charge is 2.20. The minimum Gasteiger partial charge on any atom is -0.369 e. The number of hydrogen-bond acceptors (Lipinski definition) is 3. The first-order valence-electron chi connectivity index (χ1n) is 5.59. The highest BCUT2D eigenvalue weighted by atomic mass is 79.9. The van der Waals surface area contributed by atoms with E-state index in [0.717, 1.165) is 29.7 Å². The zero-order valence-corrected chi connectivity index (χ0v) is 11.3. The lowest BCUT2D eigenvalue weighted by Gasteiger charge is -2.25. The molecule has 3 nitrogen and oxygen atoms in total. The van der Waals surface area contributed by atoms with E-state index in [9.17, 15) is 0 Å². The minimum atomic E-state index is 0.356. The van der Waals surface area contributed by atoms with Crippen LogP contribution in [0.15, 0.2) is 17.0 Å². The van der Waals surface area contributed by atoms with Crippen LogP contribution in [0.4, 0.5) is 5.82 Å². The predicted molar refractivity (Wildman–Crippen MR) is 69.8 cm³/mol. The van der Waals surface area contributed by atoms with Gasteiger partial charge in [0.1, 0.15) is 12.1 Å². The number of rotatable bonds is 3. The van der Waals surface area contributed by atoms with Crippen LogP contribution in [-0.4, -0.2) is 21.9 Å². The summed E-state index contributed by atoms with van der Waals surface area (Å²) in [4.78, 5) is 8.11. The second-order valence-electron chi connectivity index (χ2n) is 4.23. The third kappa shape index (κ3) is 3.32. The summed E-state index contributed by atoms with van der Waals surface area (Å²) in [7, 11) is 0. The highest BCUT2D eigenvalue weighted by molar-refractivity contribution is 9.10. The number of nitrogens with zero attached hydrogens (tertiary/aromatic N) is 2. The van der Waals surface area contributed by atoms with Crippen molar-refractivity contribution >= 4 is 33.3 Å². The molecule has 88 valence electrons. The first kappa shape index (κ1) is 12.1. The molecule has 0 amide bonds.